The normalized spacial score (nSPS) is 14.4. The third kappa shape index (κ3) is 3.27. The van der Waals surface area contributed by atoms with Gasteiger partial charge in [0.25, 0.3) is 0 Å². The number of rotatable bonds is 5. The Hall–Kier alpha value is -2.19. The standard InChI is InChI=1S/C14H12ClN3O4S/c15-10-3-1-9(2-4-10)14(19)13-11(7-17-18-13)23(20,21)8-12-16-5-6-22-12/h1-4,7H,5-6,8H2,(H,17,18). The van der Waals surface area contributed by atoms with Gasteiger partial charge in [-0.3, -0.25) is 14.9 Å². The zero-order valence-electron chi connectivity index (χ0n) is 11.8. The molecule has 0 spiro atoms. The predicted octanol–water partition coefficient (Wildman–Crippen LogP) is 1.50. The van der Waals surface area contributed by atoms with Crippen molar-refractivity contribution in [1.82, 2.24) is 10.2 Å². The van der Waals surface area contributed by atoms with Crippen molar-refractivity contribution in [3.63, 3.8) is 0 Å². The van der Waals surface area contributed by atoms with E-state index in [4.69, 9.17) is 16.3 Å². The zero-order chi connectivity index (χ0) is 16.4. The highest BCUT2D eigenvalue weighted by atomic mass is 35.5. The van der Waals surface area contributed by atoms with Crippen LogP contribution in [0.1, 0.15) is 16.1 Å². The number of ether oxygens (including phenoxy) is 1. The van der Waals surface area contributed by atoms with Gasteiger partial charge < -0.3 is 4.74 Å². The summed E-state index contributed by atoms with van der Waals surface area (Å²) < 4.78 is 30.1. The molecule has 120 valence electrons. The average Bonchev–Trinajstić information content (AvgIpc) is 3.18. The summed E-state index contributed by atoms with van der Waals surface area (Å²) in [5.74, 6) is -0.726. The van der Waals surface area contributed by atoms with Gasteiger partial charge in [0.1, 0.15) is 22.9 Å². The number of nitrogens with zero attached hydrogens (tertiary/aromatic N) is 2. The highest BCUT2D eigenvalue weighted by molar-refractivity contribution is 7.92. The van der Waals surface area contributed by atoms with Crippen molar-refractivity contribution in [3.8, 4) is 0 Å². The number of nitrogens with one attached hydrogen (secondary N) is 1. The van der Waals surface area contributed by atoms with Crippen LogP contribution in [-0.2, 0) is 14.6 Å². The Bertz CT molecular complexity index is 872. The molecule has 1 aromatic heterocycles. The maximum atomic E-state index is 12.5. The second-order valence-corrected chi connectivity index (χ2v) is 7.22. The van der Waals surface area contributed by atoms with Gasteiger partial charge in [-0.2, -0.15) is 5.10 Å². The van der Waals surface area contributed by atoms with Crippen LogP contribution >= 0.6 is 11.6 Å². The number of hydrogen-bond acceptors (Lipinski definition) is 6. The van der Waals surface area contributed by atoms with E-state index in [1.807, 2.05) is 0 Å². The summed E-state index contributed by atoms with van der Waals surface area (Å²) in [6.45, 7) is 0.805. The molecule has 9 heteroatoms. The van der Waals surface area contributed by atoms with Gasteiger partial charge in [-0.1, -0.05) is 11.6 Å². The van der Waals surface area contributed by atoms with Gasteiger partial charge in [-0.15, -0.1) is 0 Å². The SMILES string of the molecule is O=C(c1ccc(Cl)cc1)c1[nH]ncc1S(=O)(=O)CC1=NCCO1. The van der Waals surface area contributed by atoms with Crippen molar-refractivity contribution >= 4 is 33.1 Å². The number of carbonyl (C=O) groups is 1. The van der Waals surface area contributed by atoms with E-state index < -0.39 is 21.4 Å². The lowest BCUT2D eigenvalue weighted by atomic mass is 10.1. The van der Waals surface area contributed by atoms with Crippen LogP contribution in [0.25, 0.3) is 0 Å². The number of aromatic nitrogens is 2. The van der Waals surface area contributed by atoms with Gasteiger partial charge in [-0.05, 0) is 24.3 Å². The maximum absolute atomic E-state index is 12.5. The Balaban J connectivity index is 1.92. The number of hydrogen-bond donors (Lipinski definition) is 1. The third-order valence-corrected chi connectivity index (χ3v) is 5.09. The molecule has 1 aliphatic heterocycles. The Labute approximate surface area is 137 Å². The van der Waals surface area contributed by atoms with Crippen LogP contribution in [0.4, 0.5) is 0 Å². The van der Waals surface area contributed by atoms with Crippen LogP contribution in [0, 0.1) is 0 Å². The molecule has 0 amide bonds. The molecule has 1 aromatic carbocycles. The first-order chi connectivity index (χ1) is 11.0. The van der Waals surface area contributed by atoms with E-state index in [0.29, 0.717) is 23.7 Å². The Morgan fingerprint density at radius 2 is 2.04 bits per heavy atom. The van der Waals surface area contributed by atoms with Gasteiger partial charge in [0, 0.05) is 10.6 Å². The van der Waals surface area contributed by atoms with Crippen LogP contribution in [0.15, 0.2) is 40.4 Å². The molecule has 0 saturated heterocycles. The number of benzene rings is 1. The highest BCUT2D eigenvalue weighted by Gasteiger charge is 2.28. The minimum absolute atomic E-state index is 0.0917. The fourth-order valence-corrected chi connectivity index (χ4v) is 3.57. The number of ketones is 1. The van der Waals surface area contributed by atoms with E-state index in [1.54, 1.807) is 12.1 Å². The first kappa shape index (κ1) is 15.7. The molecule has 0 saturated carbocycles. The number of carbonyl (C=O) groups excluding carboxylic acids is 1. The quantitative estimate of drug-likeness (QED) is 0.821. The smallest absolute Gasteiger partial charge is 0.212 e. The second kappa shape index (κ2) is 6.13. The fraction of sp³-hybridized carbons (Fsp3) is 0.214. The predicted molar refractivity (Wildman–Crippen MR) is 83.8 cm³/mol. The van der Waals surface area contributed by atoms with E-state index in [2.05, 4.69) is 15.2 Å². The maximum Gasteiger partial charge on any atom is 0.212 e. The van der Waals surface area contributed by atoms with E-state index in [-0.39, 0.29) is 16.5 Å². The second-order valence-electron chi connectivity index (χ2n) is 4.83. The van der Waals surface area contributed by atoms with Gasteiger partial charge in [-0.25, -0.2) is 8.42 Å². The van der Waals surface area contributed by atoms with Crippen molar-refractivity contribution in [2.45, 2.75) is 4.90 Å². The molecule has 2 aromatic rings. The molecule has 23 heavy (non-hydrogen) atoms. The van der Waals surface area contributed by atoms with E-state index in [9.17, 15) is 13.2 Å². The molecular weight excluding hydrogens is 342 g/mol. The number of aliphatic imine (C=N–C) groups is 1. The molecule has 2 heterocycles. The van der Waals surface area contributed by atoms with E-state index in [0.717, 1.165) is 6.20 Å². The van der Waals surface area contributed by atoms with Crippen molar-refractivity contribution in [2.75, 3.05) is 18.9 Å². The van der Waals surface area contributed by atoms with Crippen molar-refractivity contribution in [3.05, 3.63) is 46.7 Å². The summed E-state index contributed by atoms with van der Waals surface area (Å²) in [6.07, 6.45) is 1.12. The molecule has 0 unspecified atom stereocenters. The summed E-state index contributed by atoms with van der Waals surface area (Å²) >= 11 is 5.79. The zero-order valence-corrected chi connectivity index (χ0v) is 13.4. The van der Waals surface area contributed by atoms with Gasteiger partial charge >= 0.3 is 0 Å². The Kier molecular flexibility index (Phi) is 4.18. The summed E-state index contributed by atoms with van der Waals surface area (Å²) in [5, 5.41) is 6.63. The summed E-state index contributed by atoms with van der Waals surface area (Å²) in [7, 11) is -3.79. The number of halogens is 1. The lowest BCUT2D eigenvalue weighted by molar-refractivity contribution is 0.103. The van der Waals surface area contributed by atoms with Crippen LogP contribution in [-0.4, -0.2) is 49.2 Å². The minimum Gasteiger partial charge on any atom is -0.478 e. The van der Waals surface area contributed by atoms with Gasteiger partial charge in [0.05, 0.1) is 12.7 Å². The van der Waals surface area contributed by atoms with Crippen LogP contribution in [0.5, 0.6) is 0 Å². The van der Waals surface area contributed by atoms with Crippen molar-refractivity contribution < 1.29 is 17.9 Å². The van der Waals surface area contributed by atoms with Crippen molar-refractivity contribution in [1.29, 1.82) is 0 Å². The Morgan fingerprint density at radius 1 is 1.30 bits per heavy atom. The monoisotopic (exact) mass is 353 g/mol. The van der Waals surface area contributed by atoms with Crippen molar-refractivity contribution in [2.24, 2.45) is 4.99 Å². The summed E-state index contributed by atoms with van der Waals surface area (Å²) in [6, 6.07) is 6.15. The first-order valence-corrected chi connectivity index (χ1v) is 8.73. The molecule has 0 atom stereocenters. The highest BCUT2D eigenvalue weighted by Crippen LogP contribution is 2.20. The van der Waals surface area contributed by atoms with E-state index >= 15 is 0 Å². The lowest BCUT2D eigenvalue weighted by Gasteiger charge is -2.05. The molecule has 1 N–H and O–H groups in total. The molecular formula is C14H12ClN3O4S. The molecule has 3 rings (SSSR count). The summed E-state index contributed by atoms with van der Waals surface area (Å²) in [4.78, 5) is 16.3. The molecule has 7 nitrogen and oxygen atoms in total. The molecule has 1 aliphatic rings. The number of H-pyrrole nitrogens is 1. The average molecular weight is 354 g/mol. The number of aromatic amines is 1. The van der Waals surface area contributed by atoms with Gasteiger partial charge in [0.2, 0.25) is 5.78 Å². The van der Waals surface area contributed by atoms with Crippen LogP contribution in [0.3, 0.4) is 0 Å². The fourth-order valence-electron chi connectivity index (χ4n) is 2.13. The topological polar surface area (TPSA) is 101 Å². The van der Waals surface area contributed by atoms with Crippen LogP contribution < -0.4 is 0 Å². The molecule has 0 fully saturated rings. The first-order valence-electron chi connectivity index (χ1n) is 6.70. The molecule has 0 bridgehead atoms. The minimum atomic E-state index is -3.79. The summed E-state index contributed by atoms with van der Waals surface area (Å²) in [5.41, 5.74) is 0.218. The molecule has 0 radical (unpaired) electrons. The van der Waals surface area contributed by atoms with E-state index in [1.165, 1.54) is 12.1 Å². The largest absolute Gasteiger partial charge is 0.478 e. The molecule has 0 aliphatic carbocycles. The third-order valence-electron chi connectivity index (χ3n) is 3.23. The van der Waals surface area contributed by atoms with Crippen LogP contribution in [0.2, 0.25) is 5.02 Å². The Morgan fingerprint density at radius 3 is 2.70 bits per heavy atom. The number of sulfone groups is 1. The van der Waals surface area contributed by atoms with Gasteiger partial charge in [0.15, 0.2) is 15.7 Å². The lowest BCUT2D eigenvalue weighted by Crippen LogP contribution is -2.18.